The van der Waals surface area contributed by atoms with Crippen molar-refractivity contribution in [3.63, 3.8) is 0 Å². The number of nitrogens with zero attached hydrogens (tertiary/aromatic N) is 3. The van der Waals surface area contributed by atoms with E-state index in [0.717, 1.165) is 17.8 Å². The average molecular weight is 203 g/mol. The first-order valence-corrected chi connectivity index (χ1v) is 4.96. The van der Waals surface area contributed by atoms with E-state index in [0.29, 0.717) is 5.69 Å². The molecule has 1 aromatic heterocycles. The Bertz CT molecular complexity index is 415. The molecule has 2 aromatic rings. The van der Waals surface area contributed by atoms with Gasteiger partial charge in [0.2, 0.25) is 0 Å². The molecule has 0 saturated carbocycles. The highest BCUT2D eigenvalue weighted by atomic mass is 16.3. The lowest BCUT2D eigenvalue weighted by Gasteiger charge is -1.96. The summed E-state index contributed by atoms with van der Waals surface area (Å²) in [5, 5.41) is 17.6. The predicted octanol–water partition coefficient (Wildman–Crippen LogP) is 1.32. The van der Waals surface area contributed by atoms with Crippen molar-refractivity contribution < 1.29 is 5.11 Å². The van der Waals surface area contributed by atoms with Crippen molar-refractivity contribution in [3.8, 4) is 5.69 Å². The first-order chi connectivity index (χ1) is 7.35. The third-order valence-electron chi connectivity index (χ3n) is 2.24. The summed E-state index contributed by atoms with van der Waals surface area (Å²) in [6, 6.07) is 9.67. The summed E-state index contributed by atoms with van der Waals surface area (Å²) in [4.78, 5) is 1.56. The number of aryl methyl sites for hydroxylation is 1. The molecule has 2 rings (SSSR count). The van der Waals surface area contributed by atoms with Crippen molar-refractivity contribution in [2.75, 3.05) is 0 Å². The van der Waals surface area contributed by atoms with Gasteiger partial charge in [0.05, 0.1) is 18.0 Å². The zero-order valence-electron chi connectivity index (χ0n) is 8.59. The van der Waals surface area contributed by atoms with Crippen LogP contribution in [0.4, 0.5) is 0 Å². The van der Waals surface area contributed by atoms with Crippen molar-refractivity contribution in [3.05, 3.63) is 41.7 Å². The second kappa shape index (κ2) is 4.23. The lowest BCUT2D eigenvalue weighted by molar-refractivity contribution is 0.275. The highest BCUT2D eigenvalue weighted by Gasteiger charge is 2.08. The summed E-state index contributed by atoms with van der Waals surface area (Å²) in [6.07, 6.45) is 0.780. The van der Waals surface area contributed by atoms with Gasteiger partial charge >= 0.3 is 0 Å². The number of rotatable bonds is 3. The molecule has 0 spiro atoms. The molecular formula is C11H13N3O. The monoisotopic (exact) mass is 203 g/mol. The summed E-state index contributed by atoms with van der Waals surface area (Å²) in [5.74, 6) is 0. The lowest BCUT2D eigenvalue weighted by Crippen LogP contribution is -1.98. The van der Waals surface area contributed by atoms with Gasteiger partial charge in [-0.2, -0.15) is 15.0 Å². The molecule has 0 radical (unpaired) electrons. The quantitative estimate of drug-likeness (QED) is 0.818. The molecule has 0 bridgehead atoms. The van der Waals surface area contributed by atoms with Crippen molar-refractivity contribution >= 4 is 0 Å². The molecule has 0 saturated heterocycles. The van der Waals surface area contributed by atoms with E-state index >= 15 is 0 Å². The molecule has 4 nitrogen and oxygen atoms in total. The predicted molar refractivity (Wildman–Crippen MR) is 56.7 cm³/mol. The van der Waals surface area contributed by atoms with Crippen LogP contribution in [0.5, 0.6) is 0 Å². The number of aliphatic hydroxyl groups is 1. The summed E-state index contributed by atoms with van der Waals surface area (Å²) < 4.78 is 0. The van der Waals surface area contributed by atoms with Crippen molar-refractivity contribution in [2.45, 2.75) is 20.0 Å². The Kier molecular flexibility index (Phi) is 2.78. The molecule has 0 aliphatic heterocycles. The van der Waals surface area contributed by atoms with E-state index in [1.807, 2.05) is 37.3 Å². The zero-order valence-corrected chi connectivity index (χ0v) is 8.59. The highest BCUT2D eigenvalue weighted by Crippen LogP contribution is 2.09. The highest BCUT2D eigenvalue weighted by molar-refractivity contribution is 5.29. The number of aromatic nitrogens is 3. The standard InChI is InChI=1S/C11H13N3O/c1-2-10-11(8-15)13-14(12-10)9-6-4-3-5-7-9/h3-7,15H,2,8H2,1H3. The Balaban J connectivity index is 2.42. The van der Waals surface area contributed by atoms with Crippen LogP contribution < -0.4 is 0 Å². The minimum atomic E-state index is -0.0595. The summed E-state index contributed by atoms with van der Waals surface area (Å²) >= 11 is 0. The Morgan fingerprint density at radius 1 is 1.13 bits per heavy atom. The summed E-state index contributed by atoms with van der Waals surface area (Å²) in [5.41, 5.74) is 2.41. The van der Waals surface area contributed by atoms with E-state index in [1.165, 1.54) is 0 Å². The fraction of sp³-hybridized carbons (Fsp3) is 0.273. The van der Waals surface area contributed by atoms with Crippen LogP contribution >= 0.6 is 0 Å². The third kappa shape index (κ3) is 1.89. The Morgan fingerprint density at radius 3 is 2.33 bits per heavy atom. The summed E-state index contributed by atoms with van der Waals surface area (Å²) in [6.45, 7) is 1.94. The molecule has 4 heteroatoms. The fourth-order valence-electron chi connectivity index (χ4n) is 1.44. The van der Waals surface area contributed by atoms with E-state index in [2.05, 4.69) is 10.2 Å². The minimum absolute atomic E-state index is 0.0595. The normalized spacial score (nSPS) is 10.5. The molecule has 0 fully saturated rings. The Morgan fingerprint density at radius 2 is 1.80 bits per heavy atom. The molecule has 0 unspecified atom stereocenters. The van der Waals surface area contributed by atoms with E-state index in [4.69, 9.17) is 5.11 Å². The van der Waals surface area contributed by atoms with Crippen LogP contribution in [0.2, 0.25) is 0 Å². The smallest absolute Gasteiger partial charge is 0.112 e. The molecule has 1 N–H and O–H groups in total. The molecule has 0 atom stereocenters. The topological polar surface area (TPSA) is 50.9 Å². The first kappa shape index (κ1) is 9.86. The maximum absolute atomic E-state index is 9.09. The minimum Gasteiger partial charge on any atom is -0.390 e. The lowest BCUT2D eigenvalue weighted by atomic mass is 10.3. The van der Waals surface area contributed by atoms with Crippen LogP contribution in [-0.2, 0) is 13.0 Å². The second-order valence-corrected chi connectivity index (χ2v) is 3.23. The number of hydrogen-bond donors (Lipinski definition) is 1. The fourth-order valence-corrected chi connectivity index (χ4v) is 1.44. The maximum Gasteiger partial charge on any atom is 0.112 e. The van der Waals surface area contributed by atoms with Gasteiger partial charge in [-0.1, -0.05) is 25.1 Å². The first-order valence-electron chi connectivity index (χ1n) is 4.96. The van der Waals surface area contributed by atoms with E-state index in [1.54, 1.807) is 4.80 Å². The van der Waals surface area contributed by atoms with Crippen molar-refractivity contribution in [1.82, 2.24) is 15.0 Å². The van der Waals surface area contributed by atoms with Gasteiger partial charge in [0.1, 0.15) is 5.69 Å². The van der Waals surface area contributed by atoms with Gasteiger partial charge in [0.25, 0.3) is 0 Å². The van der Waals surface area contributed by atoms with E-state index in [-0.39, 0.29) is 6.61 Å². The molecule has 1 heterocycles. The Hall–Kier alpha value is -1.68. The van der Waals surface area contributed by atoms with Gasteiger partial charge in [0.15, 0.2) is 0 Å². The van der Waals surface area contributed by atoms with Crippen LogP contribution in [0.3, 0.4) is 0 Å². The molecule has 0 amide bonds. The molecule has 15 heavy (non-hydrogen) atoms. The van der Waals surface area contributed by atoms with Gasteiger partial charge < -0.3 is 5.11 Å². The zero-order chi connectivity index (χ0) is 10.7. The molecule has 0 aliphatic rings. The number of benzene rings is 1. The maximum atomic E-state index is 9.09. The van der Waals surface area contributed by atoms with Crippen molar-refractivity contribution in [1.29, 1.82) is 0 Å². The largest absolute Gasteiger partial charge is 0.390 e. The van der Waals surface area contributed by atoms with Crippen molar-refractivity contribution in [2.24, 2.45) is 0 Å². The van der Waals surface area contributed by atoms with Crippen LogP contribution in [0.1, 0.15) is 18.3 Å². The number of hydrogen-bond acceptors (Lipinski definition) is 3. The van der Waals surface area contributed by atoms with Crippen LogP contribution in [-0.4, -0.2) is 20.1 Å². The van der Waals surface area contributed by atoms with Crippen LogP contribution in [0, 0.1) is 0 Å². The second-order valence-electron chi connectivity index (χ2n) is 3.23. The third-order valence-corrected chi connectivity index (χ3v) is 2.24. The van der Waals surface area contributed by atoms with Gasteiger partial charge in [-0.25, -0.2) is 0 Å². The SMILES string of the molecule is CCc1nn(-c2ccccc2)nc1CO. The molecule has 1 aromatic carbocycles. The van der Waals surface area contributed by atoms with E-state index < -0.39 is 0 Å². The number of para-hydroxylation sites is 1. The van der Waals surface area contributed by atoms with Gasteiger partial charge in [-0.3, -0.25) is 0 Å². The van der Waals surface area contributed by atoms with Crippen LogP contribution in [0.25, 0.3) is 5.69 Å². The summed E-state index contributed by atoms with van der Waals surface area (Å²) in [7, 11) is 0. The number of aliphatic hydroxyl groups excluding tert-OH is 1. The molecular weight excluding hydrogens is 190 g/mol. The molecule has 78 valence electrons. The van der Waals surface area contributed by atoms with Crippen LogP contribution in [0.15, 0.2) is 30.3 Å². The Labute approximate surface area is 88.2 Å². The van der Waals surface area contributed by atoms with E-state index in [9.17, 15) is 0 Å². The van der Waals surface area contributed by atoms with Gasteiger partial charge in [-0.15, -0.1) is 0 Å². The van der Waals surface area contributed by atoms with Gasteiger partial charge in [0, 0.05) is 0 Å². The average Bonchev–Trinajstić information content (AvgIpc) is 2.73. The molecule has 0 aliphatic carbocycles. The van der Waals surface area contributed by atoms with Gasteiger partial charge in [-0.05, 0) is 18.6 Å².